The lowest BCUT2D eigenvalue weighted by atomic mass is 10.0. The second kappa shape index (κ2) is 6.55. The molecule has 0 fully saturated rings. The first-order chi connectivity index (χ1) is 9.22. The Morgan fingerprint density at radius 2 is 1.89 bits per heavy atom. The molecular weight excluding hydrogens is 236 g/mol. The van der Waals surface area contributed by atoms with Crippen molar-refractivity contribution in [1.82, 2.24) is 10.2 Å². The van der Waals surface area contributed by atoms with Gasteiger partial charge in [-0.15, -0.1) is 0 Å². The minimum atomic E-state index is 0.690. The Kier molecular flexibility index (Phi) is 4.77. The van der Waals surface area contributed by atoms with E-state index in [0.717, 1.165) is 18.8 Å². The maximum atomic E-state index is 5.90. The summed E-state index contributed by atoms with van der Waals surface area (Å²) in [6, 6.07) is 12.7. The summed E-state index contributed by atoms with van der Waals surface area (Å²) in [6.45, 7) is 2.43. The number of nitrogens with zero attached hydrogens (tertiary/aromatic N) is 1. The van der Waals surface area contributed by atoms with Gasteiger partial charge in [-0.3, -0.25) is 0 Å². The molecule has 0 heterocycles. The Morgan fingerprint density at radius 1 is 1.11 bits per heavy atom. The van der Waals surface area contributed by atoms with Gasteiger partial charge in [-0.25, -0.2) is 0 Å². The third kappa shape index (κ3) is 3.46. The Bertz CT molecular complexity index is 537. The van der Waals surface area contributed by atoms with E-state index in [0.29, 0.717) is 6.61 Å². The smallest absolute Gasteiger partial charge is 0.124 e. The minimum Gasteiger partial charge on any atom is -0.492 e. The molecule has 2 aromatic rings. The summed E-state index contributed by atoms with van der Waals surface area (Å²) >= 11 is 0. The number of fused-ring (bicyclic) bond motifs is 1. The highest BCUT2D eigenvalue weighted by Gasteiger charge is 2.09. The molecule has 0 bridgehead atoms. The van der Waals surface area contributed by atoms with Crippen LogP contribution in [0.2, 0.25) is 0 Å². The van der Waals surface area contributed by atoms with Crippen LogP contribution in [0.15, 0.2) is 36.4 Å². The predicted molar refractivity (Wildman–Crippen MR) is 80.8 cm³/mol. The highest BCUT2D eigenvalue weighted by Crippen LogP contribution is 2.28. The first-order valence-electron chi connectivity index (χ1n) is 6.65. The average Bonchev–Trinajstić information content (AvgIpc) is 2.41. The van der Waals surface area contributed by atoms with Crippen LogP contribution in [0.25, 0.3) is 10.8 Å². The van der Waals surface area contributed by atoms with Gasteiger partial charge in [0, 0.05) is 18.7 Å². The Hall–Kier alpha value is -1.58. The fourth-order valence-corrected chi connectivity index (χ4v) is 2.19. The van der Waals surface area contributed by atoms with Crippen molar-refractivity contribution in [3.8, 4) is 5.75 Å². The van der Waals surface area contributed by atoms with E-state index in [1.54, 1.807) is 0 Å². The van der Waals surface area contributed by atoms with Crippen LogP contribution in [0.3, 0.4) is 0 Å². The molecule has 2 rings (SSSR count). The molecule has 0 saturated carbocycles. The van der Waals surface area contributed by atoms with Gasteiger partial charge in [0.25, 0.3) is 0 Å². The second-order valence-corrected chi connectivity index (χ2v) is 4.95. The van der Waals surface area contributed by atoms with Gasteiger partial charge in [-0.05, 0) is 38.0 Å². The molecule has 19 heavy (non-hydrogen) atoms. The summed E-state index contributed by atoms with van der Waals surface area (Å²) in [5.74, 6) is 0.989. The number of ether oxygens (including phenoxy) is 1. The topological polar surface area (TPSA) is 24.5 Å². The number of likely N-dealkylation sites (N-methyl/N-ethyl adjacent to an activating group) is 1. The maximum absolute atomic E-state index is 5.90. The minimum absolute atomic E-state index is 0.690. The summed E-state index contributed by atoms with van der Waals surface area (Å²) in [4.78, 5) is 2.17. The van der Waals surface area contributed by atoms with Crippen molar-refractivity contribution in [1.29, 1.82) is 0 Å². The quantitative estimate of drug-likeness (QED) is 0.806. The average molecular weight is 258 g/mol. The Balaban J connectivity index is 2.38. The van der Waals surface area contributed by atoms with Gasteiger partial charge in [0.05, 0.1) is 0 Å². The van der Waals surface area contributed by atoms with E-state index < -0.39 is 0 Å². The standard InChI is InChI=1S/C16H22N2O/c1-17-10-11-19-16-9-8-13-6-4-5-7-14(13)15(16)12-18(2)3/h4-9,17H,10-12H2,1-3H3. The van der Waals surface area contributed by atoms with Crippen LogP contribution in [0, 0.1) is 0 Å². The highest BCUT2D eigenvalue weighted by molar-refractivity contribution is 5.87. The van der Waals surface area contributed by atoms with E-state index in [9.17, 15) is 0 Å². The third-order valence-electron chi connectivity index (χ3n) is 3.08. The summed E-state index contributed by atoms with van der Waals surface area (Å²) in [6.07, 6.45) is 0. The van der Waals surface area contributed by atoms with Crippen LogP contribution in [0.4, 0.5) is 0 Å². The SMILES string of the molecule is CNCCOc1ccc2ccccc2c1CN(C)C. The van der Waals surface area contributed by atoms with Crippen LogP contribution in [0.1, 0.15) is 5.56 Å². The van der Waals surface area contributed by atoms with Crippen molar-refractivity contribution < 1.29 is 4.74 Å². The Labute approximate surface area is 115 Å². The van der Waals surface area contributed by atoms with Crippen LogP contribution in [-0.4, -0.2) is 39.2 Å². The number of hydrogen-bond acceptors (Lipinski definition) is 3. The highest BCUT2D eigenvalue weighted by atomic mass is 16.5. The summed E-state index contributed by atoms with van der Waals surface area (Å²) in [5.41, 5.74) is 1.26. The second-order valence-electron chi connectivity index (χ2n) is 4.95. The Morgan fingerprint density at radius 3 is 2.63 bits per heavy atom. The molecule has 102 valence electrons. The van der Waals surface area contributed by atoms with E-state index >= 15 is 0 Å². The normalized spacial score (nSPS) is 11.2. The van der Waals surface area contributed by atoms with Gasteiger partial charge in [-0.2, -0.15) is 0 Å². The zero-order chi connectivity index (χ0) is 13.7. The van der Waals surface area contributed by atoms with E-state index in [1.165, 1.54) is 16.3 Å². The van der Waals surface area contributed by atoms with Crippen molar-refractivity contribution in [2.75, 3.05) is 34.3 Å². The van der Waals surface area contributed by atoms with E-state index in [2.05, 4.69) is 60.7 Å². The number of benzene rings is 2. The lowest BCUT2D eigenvalue weighted by Gasteiger charge is -2.17. The monoisotopic (exact) mass is 258 g/mol. The molecule has 0 spiro atoms. The van der Waals surface area contributed by atoms with E-state index in [-0.39, 0.29) is 0 Å². The number of nitrogens with one attached hydrogen (secondary N) is 1. The van der Waals surface area contributed by atoms with Crippen molar-refractivity contribution in [2.45, 2.75) is 6.54 Å². The number of hydrogen-bond donors (Lipinski definition) is 1. The van der Waals surface area contributed by atoms with Gasteiger partial charge in [0.2, 0.25) is 0 Å². The molecule has 0 amide bonds. The molecule has 0 aliphatic heterocycles. The van der Waals surface area contributed by atoms with Crippen LogP contribution in [-0.2, 0) is 6.54 Å². The molecule has 0 atom stereocenters. The molecule has 3 heteroatoms. The van der Waals surface area contributed by atoms with Crippen molar-refractivity contribution in [3.05, 3.63) is 42.0 Å². The van der Waals surface area contributed by atoms with E-state index in [1.807, 2.05) is 7.05 Å². The third-order valence-corrected chi connectivity index (χ3v) is 3.08. The fourth-order valence-electron chi connectivity index (χ4n) is 2.19. The van der Waals surface area contributed by atoms with Gasteiger partial charge in [0.15, 0.2) is 0 Å². The zero-order valence-electron chi connectivity index (χ0n) is 11.9. The van der Waals surface area contributed by atoms with Crippen molar-refractivity contribution >= 4 is 10.8 Å². The fraction of sp³-hybridized carbons (Fsp3) is 0.375. The largest absolute Gasteiger partial charge is 0.492 e. The molecule has 0 aromatic heterocycles. The van der Waals surface area contributed by atoms with Gasteiger partial charge < -0.3 is 15.0 Å². The van der Waals surface area contributed by atoms with Crippen molar-refractivity contribution in [3.63, 3.8) is 0 Å². The van der Waals surface area contributed by atoms with Gasteiger partial charge in [-0.1, -0.05) is 30.3 Å². The lowest BCUT2D eigenvalue weighted by Crippen LogP contribution is -2.17. The van der Waals surface area contributed by atoms with E-state index in [4.69, 9.17) is 4.74 Å². The van der Waals surface area contributed by atoms with Gasteiger partial charge in [0.1, 0.15) is 12.4 Å². The van der Waals surface area contributed by atoms with Gasteiger partial charge >= 0.3 is 0 Å². The molecular formula is C16H22N2O. The molecule has 0 unspecified atom stereocenters. The number of rotatable bonds is 6. The summed E-state index contributed by atoms with van der Waals surface area (Å²) < 4.78 is 5.90. The van der Waals surface area contributed by atoms with Crippen LogP contribution >= 0.6 is 0 Å². The molecule has 0 aliphatic carbocycles. The summed E-state index contributed by atoms with van der Waals surface area (Å²) in [7, 11) is 6.10. The molecule has 1 N–H and O–H groups in total. The first kappa shape index (κ1) is 13.8. The molecule has 0 radical (unpaired) electrons. The van der Waals surface area contributed by atoms with Crippen molar-refractivity contribution in [2.24, 2.45) is 0 Å². The zero-order valence-corrected chi connectivity index (χ0v) is 11.9. The maximum Gasteiger partial charge on any atom is 0.124 e. The lowest BCUT2D eigenvalue weighted by molar-refractivity contribution is 0.308. The van der Waals surface area contributed by atoms with Crippen LogP contribution < -0.4 is 10.1 Å². The molecule has 0 saturated heterocycles. The molecule has 0 aliphatic rings. The first-order valence-corrected chi connectivity index (χ1v) is 6.65. The summed E-state index contributed by atoms with van der Waals surface area (Å²) in [5, 5.41) is 5.64. The molecule has 3 nitrogen and oxygen atoms in total. The predicted octanol–water partition coefficient (Wildman–Crippen LogP) is 2.50. The van der Waals surface area contributed by atoms with Crippen LogP contribution in [0.5, 0.6) is 5.75 Å². The molecule has 2 aromatic carbocycles.